The normalized spacial score (nSPS) is 17.1. The molecule has 1 aromatic carbocycles. The highest BCUT2D eigenvalue weighted by molar-refractivity contribution is 6.10. The van der Waals surface area contributed by atoms with Gasteiger partial charge < -0.3 is 5.32 Å². The molecule has 0 unspecified atom stereocenters. The van der Waals surface area contributed by atoms with Crippen LogP contribution in [-0.2, 0) is 6.42 Å². The van der Waals surface area contributed by atoms with Crippen molar-refractivity contribution < 1.29 is 4.79 Å². The van der Waals surface area contributed by atoms with Gasteiger partial charge in [-0.25, -0.2) is 0 Å². The standard InChI is InChI=1S/C18H22N2O/c1-11(2)19-17-12-7-5-6-8-13(12)20-14-9-18(3,4)10-15(21)16(14)17/h5-8,11H,9-10H2,1-4H3,(H,19,20). The Morgan fingerprint density at radius 3 is 2.62 bits per heavy atom. The van der Waals surface area contributed by atoms with Crippen LogP contribution >= 0.6 is 0 Å². The van der Waals surface area contributed by atoms with Crippen LogP contribution in [0.25, 0.3) is 10.9 Å². The summed E-state index contributed by atoms with van der Waals surface area (Å²) in [5.74, 6) is 0.211. The molecule has 1 N–H and O–H groups in total. The Labute approximate surface area is 125 Å². The van der Waals surface area contributed by atoms with E-state index in [-0.39, 0.29) is 17.2 Å². The van der Waals surface area contributed by atoms with Crippen molar-refractivity contribution in [3.05, 3.63) is 35.5 Å². The first-order valence-electron chi connectivity index (χ1n) is 7.59. The molecule has 0 radical (unpaired) electrons. The Morgan fingerprint density at radius 2 is 1.90 bits per heavy atom. The maximum absolute atomic E-state index is 12.7. The van der Waals surface area contributed by atoms with Crippen molar-refractivity contribution in [1.82, 2.24) is 4.98 Å². The number of rotatable bonds is 2. The van der Waals surface area contributed by atoms with Crippen LogP contribution in [-0.4, -0.2) is 16.8 Å². The van der Waals surface area contributed by atoms with E-state index in [1.165, 1.54) is 0 Å². The summed E-state index contributed by atoms with van der Waals surface area (Å²) in [4.78, 5) is 17.4. The Bertz CT molecular complexity index is 716. The molecule has 0 aliphatic heterocycles. The first kappa shape index (κ1) is 14.1. The van der Waals surface area contributed by atoms with Crippen LogP contribution < -0.4 is 5.32 Å². The number of para-hydroxylation sites is 1. The summed E-state index contributed by atoms with van der Waals surface area (Å²) in [6.45, 7) is 8.47. The van der Waals surface area contributed by atoms with Gasteiger partial charge in [-0.3, -0.25) is 9.78 Å². The van der Waals surface area contributed by atoms with Crippen LogP contribution in [0.3, 0.4) is 0 Å². The van der Waals surface area contributed by atoms with Gasteiger partial charge >= 0.3 is 0 Å². The predicted molar refractivity (Wildman–Crippen MR) is 86.9 cm³/mol. The summed E-state index contributed by atoms with van der Waals surface area (Å²) in [5, 5.41) is 4.51. The van der Waals surface area contributed by atoms with E-state index in [0.717, 1.165) is 34.3 Å². The van der Waals surface area contributed by atoms with Crippen molar-refractivity contribution in [1.29, 1.82) is 0 Å². The predicted octanol–water partition coefficient (Wildman–Crippen LogP) is 4.21. The minimum absolute atomic E-state index is 0.00532. The van der Waals surface area contributed by atoms with Gasteiger partial charge in [-0.05, 0) is 31.7 Å². The Kier molecular flexibility index (Phi) is 3.23. The molecule has 0 bridgehead atoms. The molecule has 1 aliphatic rings. The molecule has 2 aromatic rings. The highest BCUT2D eigenvalue weighted by Crippen LogP contribution is 2.39. The van der Waals surface area contributed by atoms with Gasteiger partial charge in [0, 0.05) is 17.8 Å². The number of carbonyl (C=O) groups is 1. The number of hydrogen-bond donors (Lipinski definition) is 1. The molecule has 0 amide bonds. The van der Waals surface area contributed by atoms with Crippen LogP contribution in [0.2, 0.25) is 0 Å². The second-order valence-electron chi connectivity index (χ2n) is 7.07. The zero-order valence-electron chi connectivity index (χ0n) is 13.2. The molecule has 0 atom stereocenters. The van der Waals surface area contributed by atoms with Crippen molar-refractivity contribution in [2.45, 2.75) is 46.6 Å². The number of Topliss-reactive ketones (excluding diaryl/α,β-unsaturated/α-hetero) is 1. The van der Waals surface area contributed by atoms with E-state index in [4.69, 9.17) is 4.98 Å². The fourth-order valence-corrected chi connectivity index (χ4v) is 3.17. The van der Waals surface area contributed by atoms with E-state index in [1.807, 2.05) is 24.3 Å². The highest BCUT2D eigenvalue weighted by Gasteiger charge is 2.34. The molecule has 0 spiro atoms. The van der Waals surface area contributed by atoms with Crippen LogP contribution in [0.1, 0.15) is 50.2 Å². The van der Waals surface area contributed by atoms with Crippen LogP contribution in [0.5, 0.6) is 0 Å². The van der Waals surface area contributed by atoms with Gasteiger partial charge in [0.05, 0.1) is 22.5 Å². The van der Waals surface area contributed by atoms with Crippen molar-refractivity contribution in [3.8, 4) is 0 Å². The molecule has 0 fully saturated rings. The molecule has 21 heavy (non-hydrogen) atoms. The highest BCUT2D eigenvalue weighted by atomic mass is 16.1. The summed E-state index contributed by atoms with van der Waals surface area (Å²) < 4.78 is 0. The summed E-state index contributed by atoms with van der Waals surface area (Å²) in [7, 11) is 0. The fraction of sp³-hybridized carbons (Fsp3) is 0.444. The lowest BCUT2D eigenvalue weighted by molar-refractivity contribution is 0.0911. The van der Waals surface area contributed by atoms with E-state index in [0.29, 0.717) is 6.42 Å². The number of benzene rings is 1. The molecule has 3 heteroatoms. The second-order valence-corrected chi connectivity index (χ2v) is 7.07. The van der Waals surface area contributed by atoms with E-state index >= 15 is 0 Å². The zero-order chi connectivity index (χ0) is 15.2. The van der Waals surface area contributed by atoms with Gasteiger partial charge in [0.15, 0.2) is 5.78 Å². The third-order valence-corrected chi connectivity index (χ3v) is 3.96. The van der Waals surface area contributed by atoms with E-state index < -0.39 is 0 Å². The molecule has 110 valence electrons. The lowest BCUT2D eigenvalue weighted by Crippen LogP contribution is -2.29. The molecule has 1 heterocycles. The van der Waals surface area contributed by atoms with Crippen LogP contribution in [0, 0.1) is 5.41 Å². The van der Waals surface area contributed by atoms with Gasteiger partial charge in [-0.15, -0.1) is 0 Å². The van der Waals surface area contributed by atoms with Crippen LogP contribution in [0.4, 0.5) is 5.69 Å². The number of hydrogen-bond acceptors (Lipinski definition) is 3. The fourth-order valence-electron chi connectivity index (χ4n) is 3.17. The van der Waals surface area contributed by atoms with Gasteiger partial charge in [-0.1, -0.05) is 32.0 Å². The molecule has 0 saturated heterocycles. The van der Waals surface area contributed by atoms with Crippen molar-refractivity contribution in [3.63, 3.8) is 0 Å². The molecule has 3 nitrogen and oxygen atoms in total. The molecule has 1 aliphatic carbocycles. The number of anilines is 1. The number of aromatic nitrogens is 1. The zero-order valence-corrected chi connectivity index (χ0v) is 13.2. The molecular weight excluding hydrogens is 260 g/mol. The lowest BCUT2D eigenvalue weighted by Gasteiger charge is -2.31. The quantitative estimate of drug-likeness (QED) is 0.897. The Balaban J connectivity index is 2.30. The topological polar surface area (TPSA) is 42.0 Å². The average molecular weight is 282 g/mol. The first-order chi connectivity index (χ1) is 9.87. The minimum atomic E-state index is -0.00532. The first-order valence-corrected chi connectivity index (χ1v) is 7.59. The molecule has 0 saturated carbocycles. The monoisotopic (exact) mass is 282 g/mol. The second kappa shape index (κ2) is 4.83. The Morgan fingerprint density at radius 1 is 1.19 bits per heavy atom. The largest absolute Gasteiger partial charge is 0.382 e. The van der Waals surface area contributed by atoms with Crippen molar-refractivity contribution in [2.24, 2.45) is 5.41 Å². The summed E-state index contributed by atoms with van der Waals surface area (Å²) in [6.07, 6.45) is 1.44. The maximum atomic E-state index is 12.7. The van der Waals surface area contributed by atoms with E-state index in [9.17, 15) is 4.79 Å². The lowest BCUT2D eigenvalue weighted by atomic mass is 9.75. The van der Waals surface area contributed by atoms with Gasteiger partial charge in [0.2, 0.25) is 0 Å². The van der Waals surface area contributed by atoms with Crippen molar-refractivity contribution >= 4 is 22.4 Å². The third kappa shape index (κ3) is 2.53. The number of pyridine rings is 1. The molecular formula is C18H22N2O. The summed E-state index contributed by atoms with van der Waals surface area (Å²) in [5.41, 5.74) is 3.67. The van der Waals surface area contributed by atoms with Gasteiger partial charge in [0.25, 0.3) is 0 Å². The van der Waals surface area contributed by atoms with Gasteiger partial charge in [0.1, 0.15) is 0 Å². The SMILES string of the molecule is CC(C)Nc1c2c(nc3ccccc13)CC(C)(C)CC2=O. The minimum Gasteiger partial charge on any atom is -0.382 e. The average Bonchev–Trinajstić information content (AvgIpc) is 2.35. The summed E-state index contributed by atoms with van der Waals surface area (Å²) in [6, 6.07) is 8.34. The molecule has 3 rings (SSSR count). The summed E-state index contributed by atoms with van der Waals surface area (Å²) >= 11 is 0. The van der Waals surface area contributed by atoms with Crippen LogP contribution in [0.15, 0.2) is 24.3 Å². The molecule has 1 aromatic heterocycles. The van der Waals surface area contributed by atoms with Gasteiger partial charge in [-0.2, -0.15) is 0 Å². The number of ketones is 1. The number of fused-ring (bicyclic) bond motifs is 2. The van der Waals surface area contributed by atoms with E-state index in [1.54, 1.807) is 0 Å². The number of carbonyl (C=O) groups excluding carboxylic acids is 1. The number of nitrogens with one attached hydrogen (secondary N) is 1. The maximum Gasteiger partial charge on any atom is 0.167 e. The number of nitrogens with zero attached hydrogens (tertiary/aromatic N) is 1. The Hall–Kier alpha value is -1.90. The van der Waals surface area contributed by atoms with E-state index in [2.05, 4.69) is 33.0 Å². The smallest absolute Gasteiger partial charge is 0.167 e. The third-order valence-electron chi connectivity index (χ3n) is 3.96. The van der Waals surface area contributed by atoms with Crippen molar-refractivity contribution in [2.75, 3.05) is 5.32 Å².